The maximum absolute atomic E-state index is 12.6. The number of methoxy groups -OCH3 is 3. The lowest BCUT2D eigenvalue weighted by molar-refractivity contribution is -0.113. The summed E-state index contributed by atoms with van der Waals surface area (Å²) in [5, 5.41) is 12.5. The van der Waals surface area contributed by atoms with E-state index < -0.39 is 5.97 Å². The molecule has 170 valence electrons. The molecule has 2 aromatic carbocycles. The van der Waals surface area contributed by atoms with E-state index in [1.165, 1.54) is 33.5 Å². The predicted octanol–water partition coefficient (Wildman–Crippen LogP) is 3.05. The maximum atomic E-state index is 12.6. The molecule has 4 aromatic rings. The Balaban J connectivity index is 1.54. The maximum Gasteiger partial charge on any atom is 0.340 e. The van der Waals surface area contributed by atoms with Crippen LogP contribution in [0.3, 0.4) is 0 Å². The molecule has 0 spiro atoms. The highest BCUT2D eigenvalue weighted by molar-refractivity contribution is 7.99. The molecule has 1 N–H and O–H groups in total. The molecule has 0 aliphatic carbocycles. The Labute approximate surface area is 193 Å². The number of aromatic nitrogens is 4. The number of benzene rings is 2. The van der Waals surface area contributed by atoms with Gasteiger partial charge in [0, 0.05) is 24.6 Å². The number of carbonyl (C=O) groups is 2. The van der Waals surface area contributed by atoms with Gasteiger partial charge in [0.15, 0.2) is 17.1 Å². The van der Waals surface area contributed by atoms with Crippen LogP contribution < -0.4 is 14.8 Å². The molecule has 0 fully saturated rings. The number of aryl methyl sites for hydroxylation is 1. The number of nitrogens with one attached hydrogen (secondary N) is 1. The van der Waals surface area contributed by atoms with E-state index in [1.54, 1.807) is 0 Å². The summed E-state index contributed by atoms with van der Waals surface area (Å²) < 4.78 is 17.3. The molecule has 0 aliphatic rings. The molecule has 0 aliphatic heterocycles. The zero-order valence-corrected chi connectivity index (χ0v) is 19.2. The van der Waals surface area contributed by atoms with Gasteiger partial charge in [-0.25, -0.2) is 9.78 Å². The van der Waals surface area contributed by atoms with Crippen LogP contribution in [-0.2, 0) is 16.6 Å². The zero-order chi connectivity index (χ0) is 23.5. The van der Waals surface area contributed by atoms with Crippen molar-refractivity contribution in [3.63, 3.8) is 0 Å². The number of ether oxygens (including phenoxy) is 3. The van der Waals surface area contributed by atoms with E-state index in [2.05, 4.69) is 20.5 Å². The van der Waals surface area contributed by atoms with Crippen molar-refractivity contribution < 1.29 is 23.8 Å². The standard InChI is InChI=1S/C22H21N5O5S/c1-27-15-8-6-5-7-12(15)19-20(27)24-22(26-25-19)33-11-18(28)23-14-10-17(31-3)16(30-2)9-13(14)21(29)32-4/h5-10H,11H2,1-4H3,(H,23,28). The van der Waals surface area contributed by atoms with Crippen LogP contribution in [0.4, 0.5) is 5.69 Å². The van der Waals surface area contributed by atoms with Crippen LogP contribution in [-0.4, -0.2) is 58.7 Å². The minimum atomic E-state index is -0.618. The summed E-state index contributed by atoms with van der Waals surface area (Å²) >= 11 is 1.14. The average molecular weight is 468 g/mol. The molecule has 0 bridgehead atoms. The third-order valence-corrected chi connectivity index (χ3v) is 5.86. The van der Waals surface area contributed by atoms with Gasteiger partial charge in [0.1, 0.15) is 5.52 Å². The van der Waals surface area contributed by atoms with Crippen molar-refractivity contribution in [3.8, 4) is 11.5 Å². The molecular weight excluding hydrogens is 446 g/mol. The van der Waals surface area contributed by atoms with Crippen molar-refractivity contribution in [3.05, 3.63) is 42.0 Å². The number of fused-ring (bicyclic) bond motifs is 3. The van der Waals surface area contributed by atoms with Crippen molar-refractivity contribution in [2.45, 2.75) is 5.16 Å². The molecule has 33 heavy (non-hydrogen) atoms. The van der Waals surface area contributed by atoms with Crippen LogP contribution in [0, 0.1) is 0 Å². The first-order valence-corrected chi connectivity index (χ1v) is 10.8. The topological polar surface area (TPSA) is 117 Å². The summed E-state index contributed by atoms with van der Waals surface area (Å²) in [6, 6.07) is 10.8. The van der Waals surface area contributed by atoms with Crippen LogP contribution in [0.5, 0.6) is 11.5 Å². The molecule has 0 saturated carbocycles. The van der Waals surface area contributed by atoms with Gasteiger partial charge in [0.05, 0.1) is 43.8 Å². The lowest BCUT2D eigenvalue weighted by atomic mass is 10.1. The van der Waals surface area contributed by atoms with Crippen molar-refractivity contribution in [2.75, 3.05) is 32.4 Å². The number of rotatable bonds is 7. The molecule has 0 radical (unpaired) electrons. The quantitative estimate of drug-likeness (QED) is 0.323. The lowest BCUT2D eigenvalue weighted by Crippen LogP contribution is -2.17. The average Bonchev–Trinajstić information content (AvgIpc) is 3.13. The summed E-state index contributed by atoms with van der Waals surface area (Å²) in [6.45, 7) is 0. The van der Waals surface area contributed by atoms with E-state index in [1.807, 2.05) is 35.9 Å². The molecule has 2 aromatic heterocycles. The molecule has 0 saturated heterocycles. The molecule has 1 amide bonds. The SMILES string of the molecule is COC(=O)c1cc(OC)c(OC)cc1NC(=O)CSc1nnc2c3ccccc3n(C)c2n1. The zero-order valence-electron chi connectivity index (χ0n) is 18.4. The van der Waals surface area contributed by atoms with Crippen LogP contribution >= 0.6 is 11.8 Å². The first-order valence-electron chi connectivity index (χ1n) is 9.81. The minimum absolute atomic E-state index is 0.00604. The first kappa shape index (κ1) is 22.3. The van der Waals surface area contributed by atoms with Crippen LogP contribution in [0.2, 0.25) is 0 Å². The van der Waals surface area contributed by atoms with E-state index >= 15 is 0 Å². The summed E-state index contributed by atoms with van der Waals surface area (Å²) in [6.07, 6.45) is 0. The minimum Gasteiger partial charge on any atom is -0.493 e. The second-order valence-corrected chi connectivity index (χ2v) is 7.87. The largest absolute Gasteiger partial charge is 0.493 e. The van der Waals surface area contributed by atoms with Crippen LogP contribution in [0.15, 0.2) is 41.6 Å². The number of nitrogens with zero attached hydrogens (tertiary/aromatic N) is 4. The van der Waals surface area contributed by atoms with Gasteiger partial charge in [0.25, 0.3) is 0 Å². The summed E-state index contributed by atoms with van der Waals surface area (Å²) in [5.41, 5.74) is 2.77. The van der Waals surface area contributed by atoms with Gasteiger partial charge >= 0.3 is 5.97 Å². The van der Waals surface area contributed by atoms with Crippen molar-refractivity contribution >= 4 is 51.4 Å². The van der Waals surface area contributed by atoms with E-state index in [0.29, 0.717) is 27.8 Å². The van der Waals surface area contributed by atoms with Gasteiger partial charge in [-0.1, -0.05) is 30.0 Å². The Morgan fingerprint density at radius 2 is 1.79 bits per heavy atom. The third-order valence-electron chi connectivity index (χ3n) is 5.02. The van der Waals surface area contributed by atoms with Gasteiger partial charge in [-0.3, -0.25) is 4.79 Å². The number of amides is 1. The van der Waals surface area contributed by atoms with Crippen molar-refractivity contribution in [1.29, 1.82) is 0 Å². The van der Waals surface area contributed by atoms with Crippen molar-refractivity contribution in [1.82, 2.24) is 19.7 Å². The number of esters is 1. The second-order valence-electron chi connectivity index (χ2n) is 6.92. The number of anilines is 1. The summed E-state index contributed by atoms with van der Waals surface area (Å²) in [4.78, 5) is 29.4. The Morgan fingerprint density at radius 1 is 1.06 bits per heavy atom. The molecule has 10 nitrogen and oxygen atoms in total. The van der Waals surface area contributed by atoms with Gasteiger partial charge in [0.2, 0.25) is 11.1 Å². The van der Waals surface area contributed by atoms with Crippen LogP contribution in [0.1, 0.15) is 10.4 Å². The Hall–Kier alpha value is -3.86. The van der Waals surface area contributed by atoms with Gasteiger partial charge in [-0.05, 0) is 6.07 Å². The van der Waals surface area contributed by atoms with E-state index in [9.17, 15) is 9.59 Å². The molecule has 11 heteroatoms. The fourth-order valence-corrected chi connectivity index (χ4v) is 4.01. The van der Waals surface area contributed by atoms with E-state index in [4.69, 9.17) is 14.2 Å². The van der Waals surface area contributed by atoms with Crippen LogP contribution in [0.25, 0.3) is 22.1 Å². The Morgan fingerprint density at radius 3 is 2.52 bits per heavy atom. The van der Waals surface area contributed by atoms with Crippen molar-refractivity contribution in [2.24, 2.45) is 7.05 Å². The van der Waals surface area contributed by atoms with E-state index in [-0.39, 0.29) is 22.9 Å². The van der Waals surface area contributed by atoms with Gasteiger partial charge < -0.3 is 24.1 Å². The van der Waals surface area contributed by atoms with E-state index in [0.717, 1.165) is 22.7 Å². The third kappa shape index (κ3) is 4.27. The summed E-state index contributed by atoms with van der Waals surface area (Å²) in [7, 11) is 6.08. The highest BCUT2D eigenvalue weighted by atomic mass is 32.2. The molecular formula is C22H21N5O5S. The molecule has 4 rings (SSSR count). The predicted molar refractivity (Wildman–Crippen MR) is 124 cm³/mol. The normalized spacial score (nSPS) is 10.9. The molecule has 2 heterocycles. The monoisotopic (exact) mass is 467 g/mol. The summed E-state index contributed by atoms with van der Waals surface area (Å²) in [5.74, 6) is -0.271. The first-order chi connectivity index (χ1) is 16.0. The van der Waals surface area contributed by atoms with Gasteiger partial charge in [-0.2, -0.15) is 0 Å². The van der Waals surface area contributed by atoms with Gasteiger partial charge in [-0.15, -0.1) is 10.2 Å². The number of hydrogen-bond acceptors (Lipinski definition) is 9. The Kier molecular flexibility index (Phi) is 6.31. The lowest BCUT2D eigenvalue weighted by Gasteiger charge is -2.14. The highest BCUT2D eigenvalue weighted by Crippen LogP contribution is 2.34. The Bertz CT molecular complexity index is 1370. The highest BCUT2D eigenvalue weighted by Gasteiger charge is 2.20. The number of hydrogen-bond donors (Lipinski definition) is 1. The fourth-order valence-electron chi connectivity index (χ4n) is 3.43. The number of thioether (sulfide) groups is 1. The molecule has 0 atom stereocenters. The fraction of sp³-hybridized carbons (Fsp3) is 0.227. The second kappa shape index (κ2) is 9.33. The number of carbonyl (C=O) groups excluding carboxylic acids is 2. The number of para-hydroxylation sites is 1. The smallest absolute Gasteiger partial charge is 0.340 e. The molecule has 0 unspecified atom stereocenters.